The number of carbonyl (C=O) groups is 1. The molecule has 0 aliphatic heterocycles. The molecule has 3 aromatic rings. The quantitative estimate of drug-likeness (QED) is 0.806. The van der Waals surface area contributed by atoms with Crippen LogP contribution in [0.25, 0.3) is 10.2 Å². The summed E-state index contributed by atoms with van der Waals surface area (Å²) in [7, 11) is 0. The Balaban J connectivity index is 2.09. The van der Waals surface area contributed by atoms with E-state index in [1.807, 2.05) is 12.3 Å². The first-order chi connectivity index (χ1) is 10.1. The molecule has 0 bridgehead atoms. The number of nitrogens with zero attached hydrogens (tertiary/aromatic N) is 2. The van der Waals surface area contributed by atoms with Crippen LogP contribution in [0.15, 0.2) is 40.8 Å². The maximum Gasteiger partial charge on any atom is 0.336 e. The fourth-order valence-corrected chi connectivity index (χ4v) is 3.17. The summed E-state index contributed by atoms with van der Waals surface area (Å²) in [5.74, 6) is -1.00. The zero-order valence-corrected chi connectivity index (χ0v) is 12.1. The highest BCUT2D eigenvalue weighted by atomic mass is 32.1. The first-order valence-corrected chi connectivity index (χ1v) is 7.20. The smallest absolute Gasteiger partial charge is 0.336 e. The number of benzene rings is 1. The van der Waals surface area contributed by atoms with Crippen molar-refractivity contribution in [2.75, 3.05) is 0 Å². The molecule has 0 saturated heterocycles. The van der Waals surface area contributed by atoms with Gasteiger partial charge in [0.2, 0.25) is 0 Å². The molecular formula is C15H12N2O3S. The second-order valence-electron chi connectivity index (χ2n) is 4.74. The second-order valence-corrected chi connectivity index (χ2v) is 5.62. The van der Waals surface area contributed by atoms with Gasteiger partial charge in [0, 0.05) is 0 Å². The Bertz CT molecular complexity index is 895. The third-order valence-corrected chi connectivity index (χ3v) is 4.39. The number of carboxylic acid groups (broad SMARTS) is 1. The van der Waals surface area contributed by atoms with E-state index in [0.29, 0.717) is 15.8 Å². The molecule has 6 heteroatoms. The van der Waals surface area contributed by atoms with Gasteiger partial charge in [-0.25, -0.2) is 9.78 Å². The minimum atomic E-state index is -1.00. The summed E-state index contributed by atoms with van der Waals surface area (Å²) in [4.78, 5) is 27.9. The van der Waals surface area contributed by atoms with Crippen molar-refractivity contribution in [1.29, 1.82) is 0 Å². The Morgan fingerprint density at radius 1 is 1.38 bits per heavy atom. The number of carboxylic acids is 1. The Morgan fingerprint density at radius 3 is 2.90 bits per heavy atom. The molecule has 106 valence electrons. The third kappa shape index (κ3) is 2.34. The average molecular weight is 300 g/mol. The standard InChI is InChI=1S/C15H12N2O3S/c1-9-7-21-13-12(9)16-8-17(14(13)18)6-10-4-2-3-5-11(10)15(19)20/h2-5,7-8H,6H2,1H3,(H,19,20). The Morgan fingerprint density at radius 2 is 2.14 bits per heavy atom. The van der Waals surface area contributed by atoms with Crippen LogP contribution >= 0.6 is 11.3 Å². The molecule has 21 heavy (non-hydrogen) atoms. The van der Waals surface area contributed by atoms with Crippen LogP contribution in [0.4, 0.5) is 0 Å². The van der Waals surface area contributed by atoms with Crippen molar-refractivity contribution in [3.8, 4) is 0 Å². The molecular weight excluding hydrogens is 288 g/mol. The van der Waals surface area contributed by atoms with E-state index < -0.39 is 5.97 Å². The lowest BCUT2D eigenvalue weighted by molar-refractivity contribution is 0.0695. The van der Waals surface area contributed by atoms with E-state index in [1.54, 1.807) is 18.2 Å². The first kappa shape index (κ1) is 13.5. The second kappa shape index (κ2) is 5.14. The predicted octanol–water partition coefficient (Wildman–Crippen LogP) is 2.51. The number of rotatable bonds is 3. The zero-order chi connectivity index (χ0) is 15.0. The van der Waals surface area contributed by atoms with E-state index in [1.165, 1.54) is 28.3 Å². The van der Waals surface area contributed by atoms with Crippen molar-refractivity contribution in [3.05, 3.63) is 63.0 Å². The van der Waals surface area contributed by atoms with Crippen LogP contribution in [-0.4, -0.2) is 20.6 Å². The van der Waals surface area contributed by atoms with Crippen molar-refractivity contribution in [3.63, 3.8) is 0 Å². The highest BCUT2D eigenvalue weighted by molar-refractivity contribution is 7.17. The summed E-state index contributed by atoms with van der Waals surface area (Å²) in [6.07, 6.45) is 1.48. The van der Waals surface area contributed by atoms with Crippen LogP contribution in [0.2, 0.25) is 0 Å². The van der Waals surface area contributed by atoms with Crippen LogP contribution in [0.1, 0.15) is 21.5 Å². The fourth-order valence-electron chi connectivity index (χ4n) is 2.22. The summed E-state index contributed by atoms with van der Waals surface area (Å²) in [6.45, 7) is 2.11. The van der Waals surface area contributed by atoms with Gasteiger partial charge in [-0.15, -0.1) is 11.3 Å². The number of thiophene rings is 1. The topological polar surface area (TPSA) is 72.2 Å². The lowest BCUT2D eigenvalue weighted by atomic mass is 10.1. The number of hydrogen-bond acceptors (Lipinski definition) is 4. The zero-order valence-electron chi connectivity index (χ0n) is 11.2. The maximum atomic E-state index is 12.4. The summed E-state index contributed by atoms with van der Waals surface area (Å²) in [5, 5.41) is 11.1. The minimum Gasteiger partial charge on any atom is -0.478 e. The highest BCUT2D eigenvalue weighted by Gasteiger charge is 2.12. The van der Waals surface area contributed by atoms with Gasteiger partial charge in [0.15, 0.2) is 0 Å². The monoisotopic (exact) mass is 300 g/mol. The number of fused-ring (bicyclic) bond motifs is 1. The summed E-state index contributed by atoms with van der Waals surface area (Å²) in [5.41, 5.74) is 2.34. The molecule has 1 N–H and O–H groups in total. The van der Waals surface area contributed by atoms with Crippen molar-refractivity contribution in [2.24, 2.45) is 0 Å². The molecule has 0 amide bonds. The number of hydrogen-bond donors (Lipinski definition) is 1. The fraction of sp³-hybridized carbons (Fsp3) is 0.133. The van der Waals surface area contributed by atoms with Crippen LogP contribution in [0, 0.1) is 6.92 Å². The van der Waals surface area contributed by atoms with E-state index in [4.69, 9.17) is 0 Å². The SMILES string of the molecule is Cc1csc2c(=O)n(Cc3ccccc3C(=O)O)cnc12. The Hall–Kier alpha value is -2.47. The van der Waals surface area contributed by atoms with Crippen LogP contribution in [-0.2, 0) is 6.54 Å². The van der Waals surface area contributed by atoms with Gasteiger partial charge in [-0.3, -0.25) is 9.36 Å². The molecule has 0 aliphatic rings. The lowest BCUT2D eigenvalue weighted by Crippen LogP contribution is -2.21. The molecule has 0 unspecified atom stereocenters. The van der Waals surface area contributed by atoms with Crippen molar-refractivity contribution in [2.45, 2.75) is 13.5 Å². The Kier molecular flexibility index (Phi) is 3.31. The molecule has 3 rings (SSSR count). The molecule has 0 radical (unpaired) electrons. The van der Waals surface area contributed by atoms with Crippen molar-refractivity contribution < 1.29 is 9.90 Å². The molecule has 2 heterocycles. The van der Waals surface area contributed by atoms with Gasteiger partial charge in [0.1, 0.15) is 4.70 Å². The average Bonchev–Trinajstić information content (AvgIpc) is 2.84. The molecule has 0 atom stereocenters. The number of aryl methyl sites for hydroxylation is 1. The van der Waals surface area contributed by atoms with E-state index in [9.17, 15) is 14.7 Å². The minimum absolute atomic E-state index is 0.140. The molecule has 5 nitrogen and oxygen atoms in total. The summed E-state index contributed by atoms with van der Waals surface area (Å²) in [6, 6.07) is 6.66. The normalized spacial score (nSPS) is 10.9. The molecule has 1 aromatic carbocycles. The van der Waals surface area contributed by atoms with Crippen LogP contribution in [0.5, 0.6) is 0 Å². The number of aromatic carboxylic acids is 1. The van der Waals surface area contributed by atoms with Crippen molar-refractivity contribution >= 4 is 27.5 Å². The third-order valence-electron chi connectivity index (χ3n) is 3.31. The molecule has 0 spiro atoms. The van der Waals surface area contributed by atoms with Gasteiger partial charge >= 0.3 is 5.97 Å². The largest absolute Gasteiger partial charge is 0.478 e. The number of aromatic nitrogens is 2. The molecule has 0 aliphatic carbocycles. The van der Waals surface area contributed by atoms with Gasteiger partial charge in [0.05, 0.1) is 24.0 Å². The lowest BCUT2D eigenvalue weighted by Gasteiger charge is -2.08. The van der Waals surface area contributed by atoms with E-state index >= 15 is 0 Å². The van der Waals surface area contributed by atoms with E-state index in [0.717, 1.165) is 5.56 Å². The molecule has 0 fully saturated rings. The first-order valence-electron chi connectivity index (χ1n) is 6.32. The van der Waals surface area contributed by atoms with Gasteiger partial charge in [-0.05, 0) is 29.5 Å². The van der Waals surface area contributed by atoms with Crippen LogP contribution < -0.4 is 5.56 Å². The van der Waals surface area contributed by atoms with Crippen molar-refractivity contribution in [1.82, 2.24) is 9.55 Å². The van der Waals surface area contributed by atoms with Crippen LogP contribution in [0.3, 0.4) is 0 Å². The van der Waals surface area contributed by atoms with E-state index in [2.05, 4.69) is 4.98 Å². The van der Waals surface area contributed by atoms with E-state index in [-0.39, 0.29) is 17.7 Å². The highest BCUT2D eigenvalue weighted by Crippen LogP contribution is 2.19. The summed E-state index contributed by atoms with van der Waals surface area (Å²) >= 11 is 1.36. The molecule has 0 saturated carbocycles. The maximum absolute atomic E-state index is 12.4. The van der Waals surface area contributed by atoms with Gasteiger partial charge < -0.3 is 5.11 Å². The predicted molar refractivity (Wildman–Crippen MR) is 81.1 cm³/mol. The molecule has 2 aromatic heterocycles. The van der Waals surface area contributed by atoms with Gasteiger partial charge in [-0.1, -0.05) is 18.2 Å². The van der Waals surface area contributed by atoms with Gasteiger partial charge in [-0.2, -0.15) is 0 Å². The Labute approximate surface area is 124 Å². The van der Waals surface area contributed by atoms with Gasteiger partial charge in [0.25, 0.3) is 5.56 Å². The summed E-state index contributed by atoms with van der Waals surface area (Å²) < 4.78 is 2.04.